The van der Waals surface area contributed by atoms with E-state index in [0.29, 0.717) is 0 Å². The van der Waals surface area contributed by atoms with E-state index < -0.39 is 23.8 Å². The molecule has 1 fully saturated rings. The molecule has 1 saturated carbocycles. The lowest BCUT2D eigenvalue weighted by molar-refractivity contribution is 0.0644. The molecule has 104 valence electrons. The highest BCUT2D eigenvalue weighted by Gasteiger charge is 2.44. The molecule has 1 aliphatic carbocycles. The number of aromatic nitrogens is 1. The van der Waals surface area contributed by atoms with Gasteiger partial charge in [0.15, 0.2) is 11.6 Å². The molecule has 2 aromatic rings. The van der Waals surface area contributed by atoms with Gasteiger partial charge in [0, 0.05) is 5.92 Å². The third-order valence-corrected chi connectivity index (χ3v) is 3.41. The maximum absolute atomic E-state index is 12.7. The molecule has 3 rings (SSSR count). The number of halogens is 2. The number of hydrogen-bond acceptors (Lipinski definition) is 3. The number of carbonyl (C=O) groups is 1. The molecule has 2 unspecified atom stereocenters. The molecule has 0 bridgehead atoms. The van der Waals surface area contributed by atoms with Crippen LogP contribution in [0.15, 0.2) is 34.7 Å². The van der Waals surface area contributed by atoms with E-state index in [0.717, 1.165) is 12.0 Å². The SMILES string of the molecule is O=C(O)c1oc(C2CC2c2ccccc2)nc1C(F)F. The lowest BCUT2D eigenvalue weighted by atomic mass is 10.1. The standard InChI is InChI=1S/C14H11F2NO3/c15-12(16)10-11(14(18)19)20-13(17-10)9-6-8(9)7-4-2-1-3-5-7/h1-5,8-9,12H,6H2,(H,18,19). The van der Waals surface area contributed by atoms with E-state index in [1.165, 1.54) is 0 Å². The van der Waals surface area contributed by atoms with Crippen molar-refractivity contribution < 1.29 is 23.1 Å². The summed E-state index contributed by atoms with van der Waals surface area (Å²) in [6.07, 6.45) is -2.22. The molecule has 1 heterocycles. The smallest absolute Gasteiger partial charge is 0.374 e. The number of rotatable bonds is 4. The highest BCUT2D eigenvalue weighted by Crippen LogP contribution is 2.54. The van der Waals surface area contributed by atoms with Crippen LogP contribution in [0.25, 0.3) is 0 Å². The second kappa shape index (κ2) is 4.70. The maximum Gasteiger partial charge on any atom is 0.374 e. The van der Waals surface area contributed by atoms with Crippen molar-refractivity contribution in [1.82, 2.24) is 4.98 Å². The summed E-state index contributed by atoms with van der Waals surface area (Å²) in [7, 11) is 0. The minimum atomic E-state index is -2.95. The number of benzene rings is 1. The Kier molecular flexibility index (Phi) is 3.00. The maximum atomic E-state index is 12.7. The zero-order valence-electron chi connectivity index (χ0n) is 10.3. The Morgan fingerprint density at radius 1 is 1.30 bits per heavy atom. The topological polar surface area (TPSA) is 63.3 Å². The molecule has 0 saturated heterocycles. The molecule has 1 N–H and O–H groups in total. The summed E-state index contributed by atoms with van der Waals surface area (Å²) in [6, 6.07) is 9.57. The van der Waals surface area contributed by atoms with Gasteiger partial charge < -0.3 is 9.52 Å². The average Bonchev–Trinajstić information content (AvgIpc) is 3.10. The van der Waals surface area contributed by atoms with Crippen molar-refractivity contribution in [3.63, 3.8) is 0 Å². The summed E-state index contributed by atoms with van der Waals surface area (Å²) < 4.78 is 30.5. The van der Waals surface area contributed by atoms with Crippen molar-refractivity contribution in [1.29, 1.82) is 0 Å². The van der Waals surface area contributed by atoms with Gasteiger partial charge in [-0.2, -0.15) is 0 Å². The van der Waals surface area contributed by atoms with E-state index in [4.69, 9.17) is 9.52 Å². The zero-order valence-corrected chi connectivity index (χ0v) is 10.3. The predicted molar refractivity (Wildman–Crippen MR) is 65.0 cm³/mol. The Balaban J connectivity index is 1.86. The Hall–Kier alpha value is -2.24. The first-order chi connectivity index (χ1) is 9.58. The van der Waals surface area contributed by atoms with Crippen molar-refractivity contribution in [2.75, 3.05) is 0 Å². The number of aromatic carboxylic acids is 1. The molecule has 6 heteroatoms. The zero-order chi connectivity index (χ0) is 14.3. The van der Waals surface area contributed by atoms with Crippen molar-refractivity contribution in [2.45, 2.75) is 24.7 Å². The van der Waals surface area contributed by atoms with Gasteiger partial charge in [-0.1, -0.05) is 30.3 Å². The van der Waals surface area contributed by atoms with E-state index in [-0.39, 0.29) is 17.7 Å². The molecular formula is C14H11F2NO3. The highest BCUT2D eigenvalue weighted by molar-refractivity contribution is 5.85. The van der Waals surface area contributed by atoms with E-state index in [9.17, 15) is 13.6 Å². The van der Waals surface area contributed by atoms with Crippen LogP contribution in [0.4, 0.5) is 8.78 Å². The highest BCUT2D eigenvalue weighted by atomic mass is 19.3. The third kappa shape index (κ3) is 2.17. The molecule has 2 atom stereocenters. The minimum absolute atomic E-state index is 0.0894. The van der Waals surface area contributed by atoms with Gasteiger partial charge in [0.2, 0.25) is 5.76 Å². The monoisotopic (exact) mass is 279 g/mol. The van der Waals surface area contributed by atoms with Gasteiger partial charge in [0.05, 0.1) is 0 Å². The molecule has 0 radical (unpaired) electrons. The Labute approximate surface area is 113 Å². The molecule has 0 spiro atoms. The molecule has 1 aromatic carbocycles. The Bertz CT molecular complexity index is 639. The predicted octanol–water partition coefficient (Wildman–Crippen LogP) is 3.58. The molecule has 0 aliphatic heterocycles. The van der Waals surface area contributed by atoms with Crippen LogP contribution in [0.2, 0.25) is 0 Å². The van der Waals surface area contributed by atoms with Crippen LogP contribution in [0, 0.1) is 0 Å². The van der Waals surface area contributed by atoms with E-state index >= 15 is 0 Å². The van der Waals surface area contributed by atoms with Crippen LogP contribution in [-0.4, -0.2) is 16.1 Å². The van der Waals surface area contributed by atoms with Crippen LogP contribution in [-0.2, 0) is 0 Å². The van der Waals surface area contributed by atoms with Gasteiger partial charge in [-0.3, -0.25) is 0 Å². The number of hydrogen-bond donors (Lipinski definition) is 1. The molecular weight excluding hydrogens is 268 g/mol. The second-order valence-electron chi connectivity index (χ2n) is 4.73. The van der Waals surface area contributed by atoms with Crippen molar-refractivity contribution in [3.8, 4) is 0 Å². The number of oxazole rings is 1. The number of carboxylic acid groups (broad SMARTS) is 1. The Morgan fingerprint density at radius 2 is 2.00 bits per heavy atom. The van der Waals surface area contributed by atoms with Crippen molar-refractivity contribution in [2.24, 2.45) is 0 Å². The number of alkyl halides is 2. The third-order valence-electron chi connectivity index (χ3n) is 3.41. The molecule has 20 heavy (non-hydrogen) atoms. The average molecular weight is 279 g/mol. The first-order valence-corrected chi connectivity index (χ1v) is 6.15. The summed E-state index contributed by atoms with van der Waals surface area (Å²) in [6.45, 7) is 0. The van der Waals surface area contributed by atoms with E-state index in [1.807, 2.05) is 30.3 Å². The lowest BCUT2D eigenvalue weighted by Gasteiger charge is -1.96. The summed E-state index contributed by atoms with van der Waals surface area (Å²) in [4.78, 5) is 14.5. The van der Waals surface area contributed by atoms with Gasteiger partial charge >= 0.3 is 5.97 Å². The fourth-order valence-corrected chi connectivity index (χ4v) is 2.35. The number of carboxylic acids is 1. The lowest BCUT2D eigenvalue weighted by Crippen LogP contribution is -1.99. The fourth-order valence-electron chi connectivity index (χ4n) is 2.35. The first kappa shape index (κ1) is 12.8. The van der Waals surface area contributed by atoms with Crippen molar-refractivity contribution in [3.05, 3.63) is 53.2 Å². The van der Waals surface area contributed by atoms with Crippen LogP contribution in [0.1, 0.15) is 52.4 Å². The van der Waals surface area contributed by atoms with Gasteiger partial charge in [-0.05, 0) is 17.9 Å². The summed E-state index contributed by atoms with van der Waals surface area (Å²) in [5.41, 5.74) is 0.289. The molecule has 1 aliphatic rings. The normalized spacial score (nSPS) is 21.1. The molecule has 0 amide bonds. The number of nitrogens with zero attached hydrogens (tertiary/aromatic N) is 1. The van der Waals surface area contributed by atoms with Crippen LogP contribution >= 0.6 is 0 Å². The summed E-state index contributed by atoms with van der Waals surface area (Å²) in [5.74, 6) is -2.15. The van der Waals surface area contributed by atoms with Crippen LogP contribution in [0.3, 0.4) is 0 Å². The van der Waals surface area contributed by atoms with Gasteiger partial charge in [-0.15, -0.1) is 0 Å². The van der Waals surface area contributed by atoms with E-state index in [2.05, 4.69) is 4.98 Å². The van der Waals surface area contributed by atoms with E-state index in [1.54, 1.807) is 0 Å². The summed E-state index contributed by atoms with van der Waals surface area (Å²) >= 11 is 0. The largest absolute Gasteiger partial charge is 0.475 e. The Morgan fingerprint density at radius 3 is 2.55 bits per heavy atom. The van der Waals surface area contributed by atoms with Gasteiger partial charge in [0.1, 0.15) is 0 Å². The van der Waals surface area contributed by atoms with Crippen LogP contribution < -0.4 is 0 Å². The van der Waals surface area contributed by atoms with Gasteiger partial charge in [0.25, 0.3) is 6.43 Å². The minimum Gasteiger partial charge on any atom is -0.475 e. The molecule has 4 nitrogen and oxygen atoms in total. The molecule has 1 aromatic heterocycles. The van der Waals surface area contributed by atoms with Crippen LogP contribution in [0.5, 0.6) is 0 Å². The summed E-state index contributed by atoms with van der Waals surface area (Å²) in [5, 5.41) is 8.85. The second-order valence-corrected chi connectivity index (χ2v) is 4.73. The fraction of sp³-hybridized carbons (Fsp3) is 0.286. The van der Waals surface area contributed by atoms with Crippen molar-refractivity contribution >= 4 is 5.97 Å². The quantitative estimate of drug-likeness (QED) is 0.929. The first-order valence-electron chi connectivity index (χ1n) is 6.15. The van der Waals surface area contributed by atoms with Gasteiger partial charge in [-0.25, -0.2) is 18.6 Å².